The minimum Gasteiger partial charge on any atom is -0.339 e. The summed E-state index contributed by atoms with van der Waals surface area (Å²) in [4.78, 5) is 14.9. The minimum atomic E-state index is 0. The number of rotatable bonds is 6. The summed E-state index contributed by atoms with van der Waals surface area (Å²) in [6.07, 6.45) is 4.74. The highest BCUT2D eigenvalue weighted by atomic mass is 35.5. The number of hydrogen-bond donors (Lipinski definition) is 1. The van der Waals surface area contributed by atoms with E-state index < -0.39 is 0 Å². The van der Waals surface area contributed by atoms with Crippen molar-refractivity contribution in [2.45, 2.75) is 58.0 Å². The maximum Gasteiger partial charge on any atom is 0.225 e. The molecule has 1 aliphatic carbocycles. The van der Waals surface area contributed by atoms with Gasteiger partial charge >= 0.3 is 0 Å². The standard InChI is InChI=1S/C18H28N2O.ClH/c1-3-17(12-14-8-6-5-7-9-14)20(4-2)18(21)15-10-11-16(19)13-15;/h5-9,15-17H,3-4,10-13,19H2,1-2H3;1H. The van der Waals surface area contributed by atoms with Gasteiger partial charge in [-0.3, -0.25) is 4.79 Å². The second-order valence-electron chi connectivity index (χ2n) is 6.15. The third-order valence-electron chi connectivity index (χ3n) is 4.67. The molecule has 22 heavy (non-hydrogen) atoms. The molecule has 0 heterocycles. The summed E-state index contributed by atoms with van der Waals surface area (Å²) in [5.74, 6) is 0.456. The van der Waals surface area contributed by atoms with Crippen molar-refractivity contribution in [2.75, 3.05) is 6.54 Å². The van der Waals surface area contributed by atoms with E-state index in [1.807, 2.05) is 6.07 Å². The molecule has 3 atom stereocenters. The predicted octanol–water partition coefficient (Wildman–Crippen LogP) is 3.41. The third kappa shape index (κ3) is 4.72. The van der Waals surface area contributed by atoms with Crippen molar-refractivity contribution in [2.24, 2.45) is 11.7 Å². The first-order valence-corrected chi connectivity index (χ1v) is 8.25. The molecule has 0 radical (unpaired) electrons. The maximum absolute atomic E-state index is 12.8. The fourth-order valence-corrected chi connectivity index (χ4v) is 3.43. The fraction of sp³-hybridized carbons (Fsp3) is 0.611. The van der Waals surface area contributed by atoms with E-state index in [1.54, 1.807) is 0 Å². The molecule has 0 bridgehead atoms. The second-order valence-corrected chi connectivity index (χ2v) is 6.15. The summed E-state index contributed by atoms with van der Waals surface area (Å²) < 4.78 is 0. The number of halogens is 1. The molecule has 1 aromatic rings. The lowest BCUT2D eigenvalue weighted by molar-refractivity contribution is -0.137. The Morgan fingerprint density at radius 2 is 1.95 bits per heavy atom. The number of nitrogens with two attached hydrogens (primary N) is 1. The van der Waals surface area contributed by atoms with Crippen LogP contribution in [0.25, 0.3) is 0 Å². The largest absolute Gasteiger partial charge is 0.339 e. The highest BCUT2D eigenvalue weighted by molar-refractivity contribution is 5.85. The van der Waals surface area contributed by atoms with Crippen molar-refractivity contribution in [3.8, 4) is 0 Å². The molecule has 3 unspecified atom stereocenters. The van der Waals surface area contributed by atoms with Gasteiger partial charge in [0.15, 0.2) is 0 Å². The zero-order chi connectivity index (χ0) is 15.2. The molecular weight excluding hydrogens is 296 g/mol. The number of carbonyl (C=O) groups excluding carboxylic acids is 1. The van der Waals surface area contributed by atoms with Gasteiger partial charge in [0.25, 0.3) is 0 Å². The molecular formula is C18H29ClN2O. The van der Waals surface area contributed by atoms with Gasteiger partial charge in [0.2, 0.25) is 5.91 Å². The number of benzene rings is 1. The van der Waals surface area contributed by atoms with Crippen LogP contribution in [0.2, 0.25) is 0 Å². The highest BCUT2D eigenvalue weighted by Crippen LogP contribution is 2.27. The molecule has 1 aliphatic rings. The van der Waals surface area contributed by atoms with Crippen molar-refractivity contribution >= 4 is 18.3 Å². The van der Waals surface area contributed by atoms with Crippen LogP contribution in [-0.4, -0.2) is 29.4 Å². The van der Waals surface area contributed by atoms with E-state index in [9.17, 15) is 4.79 Å². The van der Waals surface area contributed by atoms with Crippen molar-refractivity contribution in [3.63, 3.8) is 0 Å². The van der Waals surface area contributed by atoms with E-state index in [1.165, 1.54) is 5.56 Å². The average Bonchev–Trinajstić information content (AvgIpc) is 2.94. The van der Waals surface area contributed by atoms with Crippen LogP contribution in [0.4, 0.5) is 0 Å². The molecule has 0 saturated heterocycles. The number of nitrogens with zero attached hydrogens (tertiary/aromatic N) is 1. The van der Waals surface area contributed by atoms with E-state index >= 15 is 0 Å². The molecule has 1 aromatic carbocycles. The van der Waals surface area contributed by atoms with Crippen molar-refractivity contribution in [1.82, 2.24) is 4.90 Å². The summed E-state index contributed by atoms with van der Waals surface area (Å²) in [6, 6.07) is 11.0. The molecule has 2 N–H and O–H groups in total. The van der Waals surface area contributed by atoms with Gasteiger partial charge < -0.3 is 10.6 Å². The van der Waals surface area contributed by atoms with Gasteiger partial charge in [0.1, 0.15) is 0 Å². The van der Waals surface area contributed by atoms with Crippen LogP contribution in [-0.2, 0) is 11.2 Å². The average molecular weight is 325 g/mol. The molecule has 2 rings (SSSR count). The van der Waals surface area contributed by atoms with E-state index in [2.05, 4.69) is 43.0 Å². The summed E-state index contributed by atoms with van der Waals surface area (Å²) >= 11 is 0. The van der Waals surface area contributed by atoms with Gasteiger partial charge in [0.05, 0.1) is 0 Å². The lowest BCUT2D eigenvalue weighted by atomic mass is 9.99. The summed E-state index contributed by atoms with van der Waals surface area (Å²) in [5.41, 5.74) is 7.27. The minimum absolute atomic E-state index is 0. The van der Waals surface area contributed by atoms with Crippen LogP contribution in [0, 0.1) is 5.92 Å². The molecule has 1 fully saturated rings. The van der Waals surface area contributed by atoms with E-state index in [0.29, 0.717) is 11.9 Å². The Kier molecular flexibility index (Phi) is 7.91. The Hall–Kier alpha value is -1.06. The summed E-state index contributed by atoms with van der Waals surface area (Å²) in [7, 11) is 0. The molecule has 0 aromatic heterocycles. The molecule has 0 spiro atoms. The zero-order valence-corrected chi connectivity index (χ0v) is 14.5. The van der Waals surface area contributed by atoms with Crippen LogP contribution in [0.5, 0.6) is 0 Å². The number of hydrogen-bond acceptors (Lipinski definition) is 2. The van der Waals surface area contributed by atoms with Gasteiger partial charge in [-0.2, -0.15) is 0 Å². The summed E-state index contributed by atoms with van der Waals surface area (Å²) in [5, 5.41) is 0. The van der Waals surface area contributed by atoms with E-state index in [-0.39, 0.29) is 24.4 Å². The van der Waals surface area contributed by atoms with Crippen LogP contribution in [0.3, 0.4) is 0 Å². The lowest BCUT2D eigenvalue weighted by Crippen LogP contribution is -2.44. The number of amides is 1. The Bertz CT molecular complexity index is 452. The van der Waals surface area contributed by atoms with E-state index in [4.69, 9.17) is 5.73 Å². The van der Waals surface area contributed by atoms with Crippen molar-refractivity contribution in [1.29, 1.82) is 0 Å². The van der Waals surface area contributed by atoms with Crippen LogP contribution < -0.4 is 5.73 Å². The molecule has 0 aliphatic heterocycles. The fourth-order valence-electron chi connectivity index (χ4n) is 3.43. The van der Waals surface area contributed by atoms with Crippen LogP contribution in [0.1, 0.15) is 45.1 Å². The zero-order valence-electron chi connectivity index (χ0n) is 13.7. The van der Waals surface area contributed by atoms with Crippen LogP contribution in [0.15, 0.2) is 30.3 Å². The van der Waals surface area contributed by atoms with Crippen molar-refractivity contribution in [3.05, 3.63) is 35.9 Å². The first-order chi connectivity index (χ1) is 10.2. The third-order valence-corrected chi connectivity index (χ3v) is 4.67. The molecule has 1 amide bonds. The molecule has 3 nitrogen and oxygen atoms in total. The summed E-state index contributed by atoms with van der Waals surface area (Å²) in [6.45, 7) is 5.04. The second kappa shape index (κ2) is 9.16. The first kappa shape index (κ1) is 19.0. The quantitative estimate of drug-likeness (QED) is 0.871. The number of likely N-dealkylation sites (N-methyl/N-ethyl adjacent to an activating group) is 1. The predicted molar refractivity (Wildman–Crippen MR) is 94.2 cm³/mol. The van der Waals surface area contributed by atoms with Gasteiger partial charge in [-0.15, -0.1) is 12.4 Å². The van der Waals surface area contributed by atoms with Crippen molar-refractivity contribution < 1.29 is 4.79 Å². The topological polar surface area (TPSA) is 46.3 Å². The van der Waals surface area contributed by atoms with Gasteiger partial charge in [0, 0.05) is 24.5 Å². The Balaban J connectivity index is 0.00000242. The molecule has 124 valence electrons. The SMILES string of the molecule is CCC(Cc1ccccc1)N(CC)C(=O)C1CCC(N)C1.Cl. The Morgan fingerprint density at radius 1 is 1.27 bits per heavy atom. The van der Waals surface area contributed by atoms with E-state index in [0.717, 1.165) is 38.6 Å². The Morgan fingerprint density at radius 3 is 2.45 bits per heavy atom. The highest BCUT2D eigenvalue weighted by Gasteiger charge is 2.32. The van der Waals surface area contributed by atoms with Crippen LogP contribution >= 0.6 is 12.4 Å². The van der Waals surface area contributed by atoms with Gasteiger partial charge in [-0.1, -0.05) is 37.3 Å². The Labute approximate surface area is 140 Å². The normalized spacial score (nSPS) is 22.0. The lowest BCUT2D eigenvalue weighted by Gasteiger charge is -2.32. The smallest absolute Gasteiger partial charge is 0.225 e. The van der Waals surface area contributed by atoms with Gasteiger partial charge in [-0.25, -0.2) is 0 Å². The molecule has 4 heteroatoms. The first-order valence-electron chi connectivity index (χ1n) is 8.25. The maximum atomic E-state index is 12.8. The van der Waals surface area contributed by atoms with Gasteiger partial charge in [-0.05, 0) is 44.6 Å². The number of carbonyl (C=O) groups is 1. The monoisotopic (exact) mass is 324 g/mol. The molecule has 1 saturated carbocycles.